The Bertz CT molecular complexity index is 1230. The molecule has 1 fully saturated rings. The molecule has 0 unspecified atom stereocenters. The molecule has 174 valence electrons. The Morgan fingerprint density at radius 2 is 1.30 bits per heavy atom. The summed E-state index contributed by atoms with van der Waals surface area (Å²) >= 11 is 0. The number of aromatic nitrogens is 1. The zero-order valence-corrected chi connectivity index (χ0v) is 20.9. The van der Waals surface area contributed by atoms with Crippen LogP contribution in [-0.4, -0.2) is 25.7 Å². The van der Waals surface area contributed by atoms with E-state index in [1.807, 2.05) is 30.5 Å². The van der Waals surface area contributed by atoms with Crippen LogP contribution in [0.15, 0.2) is 42.6 Å². The standard InChI is InChI=1S/C27H33N3O2S/c1-17-19(3)27(22-12-15-25(28-16-22)29-23-8-6-7-9-23)20(4)18(2)26(17)21-10-13-24(14-11-21)30-33(5,31)32/h10-16,23,30H,6-9H2,1-5H3,(H,28,29). The maximum absolute atomic E-state index is 11.5. The Hall–Kier alpha value is -2.86. The summed E-state index contributed by atoms with van der Waals surface area (Å²) in [4.78, 5) is 4.71. The van der Waals surface area contributed by atoms with E-state index < -0.39 is 10.0 Å². The van der Waals surface area contributed by atoms with Crippen molar-refractivity contribution in [2.45, 2.75) is 59.4 Å². The Morgan fingerprint density at radius 3 is 1.79 bits per heavy atom. The molecule has 0 spiro atoms. The molecular formula is C27H33N3O2S. The van der Waals surface area contributed by atoms with E-state index >= 15 is 0 Å². The van der Waals surface area contributed by atoms with Gasteiger partial charge in [0.2, 0.25) is 10.0 Å². The average molecular weight is 464 g/mol. The highest BCUT2D eigenvalue weighted by atomic mass is 32.2. The first-order valence-electron chi connectivity index (χ1n) is 11.6. The summed E-state index contributed by atoms with van der Waals surface area (Å²) in [5.74, 6) is 0.953. The second-order valence-electron chi connectivity index (χ2n) is 9.26. The molecule has 0 saturated heterocycles. The molecule has 1 aliphatic rings. The van der Waals surface area contributed by atoms with Crippen molar-refractivity contribution in [3.05, 3.63) is 64.8 Å². The van der Waals surface area contributed by atoms with E-state index in [0.717, 1.165) is 23.2 Å². The monoisotopic (exact) mass is 463 g/mol. The highest BCUT2D eigenvalue weighted by Gasteiger charge is 2.19. The average Bonchev–Trinajstić information content (AvgIpc) is 3.27. The number of hydrogen-bond acceptors (Lipinski definition) is 4. The highest BCUT2D eigenvalue weighted by molar-refractivity contribution is 7.92. The Kier molecular flexibility index (Phi) is 6.48. The Balaban J connectivity index is 1.67. The third kappa shape index (κ3) is 5.06. The molecule has 0 atom stereocenters. The van der Waals surface area contributed by atoms with E-state index in [2.05, 4.69) is 49.9 Å². The first-order valence-corrected chi connectivity index (χ1v) is 13.4. The zero-order chi connectivity index (χ0) is 23.8. The molecule has 0 aliphatic heterocycles. The highest BCUT2D eigenvalue weighted by Crippen LogP contribution is 2.39. The van der Waals surface area contributed by atoms with Gasteiger partial charge < -0.3 is 5.32 Å². The van der Waals surface area contributed by atoms with Crippen molar-refractivity contribution in [2.24, 2.45) is 0 Å². The third-order valence-corrected chi connectivity index (χ3v) is 7.47. The third-order valence-electron chi connectivity index (χ3n) is 6.86. The summed E-state index contributed by atoms with van der Waals surface area (Å²) in [5.41, 5.74) is 10.2. The number of benzene rings is 2. The summed E-state index contributed by atoms with van der Waals surface area (Å²) in [7, 11) is -3.29. The van der Waals surface area contributed by atoms with Gasteiger partial charge >= 0.3 is 0 Å². The van der Waals surface area contributed by atoms with Crippen LogP contribution in [0.5, 0.6) is 0 Å². The van der Waals surface area contributed by atoms with Crippen molar-refractivity contribution >= 4 is 21.5 Å². The van der Waals surface area contributed by atoms with Crippen LogP contribution < -0.4 is 10.0 Å². The van der Waals surface area contributed by atoms with Crippen LogP contribution in [0, 0.1) is 27.7 Å². The van der Waals surface area contributed by atoms with Crippen LogP contribution in [0.3, 0.4) is 0 Å². The molecule has 0 radical (unpaired) electrons. The van der Waals surface area contributed by atoms with Gasteiger partial charge in [0.15, 0.2) is 0 Å². The fourth-order valence-corrected chi connectivity index (χ4v) is 5.57. The minimum atomic E-state index is -3.29. The summed E-state index contributed by atoms with van der Waals surface area (Å²) < 4.78 is 25.6. The first kappa shape index (κ1) is 23.3. The predicted molar refractivity (Wildman–Crippen MR) is 138 cm³/mol. The second-order valence-corrected chi connectivity index (χ2v) is 11.0. The molecule has 1 heterocycles. The van der Waals surface area contributed by atoms with Crippen LogP contribution in [-0.2, 0) is 10.0 Å². The number of nitrogens with one attached hydrogen (secondary N) is 2. The molecule has 3 aromatic rings. The van der Waals surface area contributed by atoms with E-state index in [4.69, 9.17) is 4.98 Å². The van der Waals surface area contributed by atoms with E-state index in [0.29, 0.717) is 11.7 Å². The van der Waals surface area contributed by atoms with Crippen molar-refractivity contribution in [1.29, 1.82) is 0 Å². The van der Waals surface area contributed by atoms with E-state index in [1.165, 1.54) is 59.1 Å². The molecule has 2 N–H and O–H groups in total. The van der Waals surface area contributed by atoms with Gasteiger partial charge in [0.25, 0.3) is 0 Å². The number of sulfonamides is 1. The van der Waals surface area contributed by atoms with Crippen molar-refractivity contribution in [3.63, 3.8) is 0 Å². The smallest absolute Gasteiger partial charge is 0.229 e. The molecule has 2 aromatic carbocycles. The molecule has 1 aromatic heterocycles. The molecule has 5 nitrogen and oxygen atoms in total. The zero-order valence-electron chi connectivity index (χ0n) is 20.1. The number of rotatable bonds is 6. The van der Waals surface area contributed by atoms with Gasteiger partial charge in [-0.05, 0) is 104 Å². The lowest BCUT2D eigenvalue weighted by Crippen LogP contribution is -2.15. The van der Waals surface area contributed by atoms with Crippen LogP contribution in [0.1, 0.15) is 47.9 Å². The largest absolute Gasteiger partial charge is 0.367 e. The number of hydrogen-bond donors (Lipinski definition) is 2. The van der Waals surface area contributed by atoms with Gasteiger partial charge in [0.1, 0.15) is 5.82 Å². The van der Waals surface area contributed by atoms with Crippen molar-refractivity contribution in [3.8, 4) is 22.3 Å². The summed E-state index contributed by atoms with van der Waals surface area (Å²) in [6.07, 6.45) is 8.20. The molecule has 4 rings (SSSR count). The fourth-order valence-electron chi connectivity index (χ4n) is 5.00. The van der Waals surface area contributed by atoms with Gasteiger partial charge in [0.05, 0.1) is 6.26 Å². The van der Waals surface area contributed by atoms with Gasteiger partial charge in [-0.1, -0.05) is 25.0 Å². The van der Waals surface area contributed by atoms with Crippen LogP contribution >= 0.6 is 0 Å². The topological polar surface area (TPSA) is 71.1 Å². The summed E-state index contributed by atoms with van der Waals surface area (Å²) in [5, 5.41) is 3.57. The van der Waals surface area contributed by atoms with Gasteiger partial charge in [-0.25, -0.2) is 13.4 Å². The second kappa shape index (κ2) is 9.18. The van der Waals surface area contributed by atoms with Crippen LogP contribution in [0.2, 0.25) is 0 Å². The van der Waals surface area contributed by atoms with Gasteiger partial charge in [-0.3, -0.25) is 4.72 Å². The van der Waals surface area contributed by atoms with E-state index in [-0.39, 0.29) is 0 Å². The molecule has 33 heavy (non-hydrogen) atoms. The molecule has 0 amide bonds. The first-order chi connectivity index (χ1) is 15.6. The quantitative estimate of drug-likeness (QED) is 0.445. The Labute approximate surface area is 197 Å². The molecule has 6 heteroatoms. The van der Waals surface area contributed by atoms with Gasteiger partial charge in [0, 0.05) is 23.5 Å². The van der Waals surface area contributed by atoms with Crippen molar-refractivity contribution in [2.75, 3.05) is 16.3 Å². The fraction of sp³-hybridized carbons (Fsp3) is 0.370. The summed E-state index contributed by atoms with van der Waals surface area (Å²) in [6, 6.07) is 12.4. The van der Waals surface area contributed by atoms with Gasteiger partial charge in [-0.15, -0.1) is 0 Å². The molecular weight excluding hydrogens is 430 g/mol. The number of anilines is 2. The molecule has 0 bridgehead atoms. The maximum atomic E-state index is 11.5. The lowest BCUT2D eigenvalue weighted by Gasteiger charge is -2.21. The van der Waals surface area contributed by atoms with E-state index in [9.17, 15) is 8.42 Å². The Morgan fingerprint density at radius 1 is 0.788 bits per heavy atom. The van der Waals surface area contributed by atoms with E-state index in [1.54, 1.807) is 0 Å². The maximum Gasteiger partial charge on any atom is 0.229 e. The van der Waals surface area contributed by atoms with Gasteiger partial charge in [-0.2, -0.15) is 0 Å². The summed E-state index contributed by atoms with van der Waals surface area (Å²) in [6.45, 7) is 8.66. The lowest BCUT2D eigenvalue weighted by atomic mass is 9.84. The minimum Gasteiger partial charge on any atom is -0.367 e. The van der Waals surface area contributed by atoms with Crippen molar-refractivity contribution in [1.82, 2.24) is 4.98 Å². The lowest BCUT2D eigenvalue weighted by molar-refractivity contribution is 0.607. The molecule has 1 aliphatic carbocycles. The van der Waals surface area contributed by atoms with Crippen molar-refractivity contribution < 1.29 is 8.42 Å². The number of nitrogens with zero attached hydrogens (tertiary/aromatic N) is 1. The number of pyridine rings is 1. The van der Waals surface area contributed by atoms with Crippen LogP contribution in [0.25, 0.3) is 22.3 Å². The minimum absolute atomic E-state index is 0.551. The molecule has 1 saturated carbocycles. The SMILES string of the molecule is Cc1c(C)c(-c2ccc(NC3CCCC3)nc2)c(C)c(C)c1-c1ccc(NS(C)(=O)=O)cc1. The predicted octanol–water partition coefficient (Wildman–Crippen LogP) is 6.38. The normalized spacial score (nSPS) is 14.5. The van der Waals surface area contributed by atoms with Crippen LogP contribution in [0.4, 0.5) is 11.5 Å².